The van der Waals surface area contributed by atoms with Crippen LogP contribution in [0.4, 0.5) is 5.82 Å². The topological polar surface area (TPSA) is 85.7 Å². The summed E-state index contributed by atoms with van der Waals surface area (Å²) in [5, 5.41) is 8.35. The first-order valence-electron chi connectivity index (χ1n) is 13.7. The number of amides is 2. The van der Waals surface area contributed by atoms with E-state index in [9.17, 15) is 9.59 Å². The molecule has 0 unspecified atom stereocenters. The quantitative estimate of drug-likeness (QED) is 0.229. The van der Waals surface area contributed by atoms with Gasteiger partial charge in [-0.15, -0.1) is 11.8 Å². The molecule has 0 aliphatic carbocycles. The molecule has 10 heteroatoms. The summed E-state index contributed by atoms with van der Waals surface area (Å²) < 4.78 is 12.7. The minimum absolute atomic E-state index is 0.143. The lowest BCUT2D eigenvalue weighted by Gasteiger charge is -2.23. The molecule has 3 aromatic carbocycles. The fourth-order valence-corrected chi connectivity index (χ4v) is 6.33. The summed E-state index contributed by atoms with van der Waals surface area (Å²) in [5.41, 5.74) is 5.17. The monoisotopic (exact) mass is 604 g/mol. The number of hydrogen-bond acceptors (Lipinski definition) is 6. The maximum absolute atomic E-state index is 13.9. The van der Waals surface area contributed by atoms with Crippen LogP contribution in [-0.2, 0) is 14.3 Å². The summed E-state index contributed by atoms with van der Waals surface area (Å²) in [6.45, 7) is 2.86. The van der Waals surface area contributed by atoms with Gasteiger partial charge in [-0.25, -0.2) is 4.68 Å². The van der Waals surface area contributed by atoms with Crippen LogP contribution in [0.2, 0.25) is 5.02 Å². The normalized spacial score (nSPS) is 14.8. The number of nitrogens with one attached hydrogen (secondary N) is 1. The molecule has 218 valence electrons. The number of aryl methyl sites for hydroxylation is 1. The molecular formula is C32H33ClN4O4S. The van der Waals surface area contributed by atoms with E-state index in [1.54, 1.807) is 23.8 Å². The van der Waals surface area contributed by atoms with Gasteiger partial charge >= 0.3 is 0 Å². The Labute approximate surface area is 255 Å². The third-order valence-electron chi connectivity index (χ3n) is 7.06. The second-order valence-electron chi connectivity index (χ2n) is 9.95. The van der Waals surface area contributed by atoms with E-state index in [1.165, 1.54) is 11.8 Å². The minimum atomic E-state index is -0.306. The lowest BCUT2D eigenvalue weighted by molar-refractivity contribution is -0.122. The molecule has 42 heavy (non-hydrogen) atoms. The Kier molecular flexibility index (Phi) is 9.51. The van der Waals surface area contributed by atoms with Crippen molar-refractivity contribution in [1.29, 1.82) is 0 Å². The van der Waals surface area contributed by atoms with Gasteiger partial charge in [-0.1, -0.05) is 59.6 Å². The third kappa shape index (κ3) is 6.33. The Bertz CT molecular complexity index is 1560. The Morgan fingerprint density at radius 2 is 1.81 bits per heavy atom. The summed E-state index contributed by atoms with van der Waals surface area (Å²) in [6.07, 6.45) is 0.676. The molecule has 1 aliphatic rings. The average molecular weight is 605 g/mol. The Hall–Kier alpha value is -3.79. The molecule has 2 heterocycles. The highest BCUT2D eigenvalue weighted by Gasteiger charge is 2.38. The summed E-state index contributed by atoms with van der Waals surface area (Å²) in [5.74, 6) is 1.00. The number of anilines is 1. The van der Waals surface area contributed by atoms with Crippen molar-refractivity contribution in [2.45, 2.75) is 18.6 Å². The van der Waals surface area contributed by atoms with Crippen molar-refractivity contribution in [2.24, 2.45) is 0 Å². The van der Waals surface area contributed by atoms with Gasteiger partial charge in [-0.2, -0.15) is 5.10 Å². The summed E-state index contributed by atoms with van der Waals surface area (Å²) in [4.78, 5) is 28.6. The molecule has 0 fully saturated rings. The molecule has 0 bridgehead atoms. The zero-order chi connectivity index (χ0) is 29.6. The van der Waals surface area contributed by atoms with Crippen LogP contribution in [0, 0.1) is 6.92 Å². The van der Waals surface area contributed by atoms with Gasteiger partial charge < -0.3 is 14.8 Å². The number of thioether (sulfide) groups is 1. The van der Waals surface area contributed by atoms with Gasteiger partial charge in [0.2, 0.25) is 11.8 Å². The lowest BCUT2D eigenvalue weighted by atomic mass is 9.99. The highest BCUT2D eigenvalue weighted by molar-refractivity contribution is 8.00. The van der Waals surface area contributed by atoms with Crippen molar-refractivity contribution in [3.8, 4) is 22.7 Å². The van der Waals surface area contributed by atoms with E-state index in [-0.39, 0.29) is 29.4 Å². The number of halogens is 1. The number of ether oxygens (including phenoxy) is 2. The molecule has 1 aromatic heterocycles. The van der Waals surface area contributed by atoms with Crippen LogP contribution < -0.4 is 15.0 Å². The SMILES string of the molecule is COCCCNC(=O)CN1C(=O)CS[C@@H](c2ccccc2OC)c2c(-c3ccc(Cl)cc3)nn(-c3ccc(C)cc3)c21. The number of para-hydroxylation sites is 1. The van der Waals surface area contributed by atoms with Crippen molar-refractivity contribution in [1.82, 2.24) is 15.1 Å². The van der Waals surface area contributed by atoms with Crippen molar-refractivity contribution in [3.05, 3.63) is 94.5 Å². The molecule has 1 aliphatic heterocycles. The van der Waals surface area contributed by atoms with Gasteiger partial charge in [0.05, 0.1) is 29.5 Å². The molecular weight excluding hydrogens is 572 g/mol. The van der Waals surface area contributed by atoms with Crippen LogP contribution in [0.1, 0.15) is 28.4 Å². The molecule has 0 spiro atoms. The van der Waals surface area contributed by atoms with Crippen LogP contribution in [0.3, 0.4) is 0 Å². The number of fused-ring (bicyclic) bond motifs is 1. The van der Waals surface area contributed by atoms with Gasteiger partial charge in [0, 0.05) is 42.0 Å². The fraction of sp³-hybridized carbons (Fsp3) is 0.281. The number of rotatable bonds is 10. The van der Waals surface area contributed by atoms with Gasteiger partial charge in [-0.3, -0.25) is 14.5 Å². The van der Waals surface area contributed by atoms with E-state index in [0.29, 0.717) is 41.9 Å². The van der Waals surface area contributed by atoms with Gasteiger partial charge in [0.25, 0.3) is 0 Å². The summed E-state index contributed by atoms with van der Waals surface area (Å²) in [6, 6.07) is 23.3. The highest BCUT2D eigenvalue weighted by Crippen LogP contribution is 2.50. The van der Waals surface area contributed by atoms with Gasteiger partial charge in [0.1, 0.15) is 18.1 Å². The van der Waals surface area contributed by atoms with Gasteiger partial charge in [-0.05, 0) is 43.7 Å². The first-order valence-corrected chi connectivity index (χ1v) is 15.1. The molecule has 0 saturated heterocycles. The Morgan fingerprint density at radius 1 is 1.07 bits per heavy atom. The average Bonchev–Trinajstić information content (AvgIpc) is 3.32. The smallest absolute Gasteiger partial charge is 0.240 e. The number of hydrogen-bond donors (Lipinski definition) is 1. The number of aromatic nitrogens is 2. The van der Waals surface area contributed by atoms with E-state index in [1.807, 2.05) is 79.7 Å². The second-order valence-corrected chi connectivity index (χ2v) is 11.5. The fourth-order valence-electron chi connectivity index (χ4n) is 4.98. The molecule has 1 N–H and O–H groups in total. The maximum atomic E-state index is 13.9. The van der Waals surface area contributed by atoms with Crippen molar-refractivity contribution in [2.75, 3.05) is 44.6 Å². The number of carbonyl (C=O) groups is 2. The van der Waals surface area contributed by atoms with E-state index in [4.69, 9.17) is 26.2 Å². The van der Waals surface area contributed by atoms with Crippen LogP contribution in [-0.4, -0.2) is 61.3 Å². The first kappa shape index (κ1) is 29.7. The van der Waals surface area contributed by atoms with E-state index < -0.39 is 0 Å². The maximum Gasteiger partial charge on any atom is 0.240 e. The molecule has 0 radical (unpaired) electrons. The first-order chi connectivity index (χ1) is 20.4. The molecule has 2 amide bonds. The number of methoxy groups -OCH3 is 2. The number of benzene rings is 3. The zero-order valence-electron chi connectivity index (χ0n) is 23.8. The Morgan fingerprint density at radius 3 is 2.52 bits per heavy atom. The second kappa shape index (κ2) is 13.5. The largest absolute Gasteiger partial charge is 0.496 e. The summed E-state index contributed by atoms with van der Waals surface area (Å²) >= 11 is 7.76. The minimum Gasteiger partial charge on any atom is -0.496 e. The van der Waals surface area contributed by atoms with Crippen molar-refractivity contribution < 1.29 is 19.1 Å². The lowest BCUT2D eigenvalue weighted by Crippen LogP contribution is -2.42. The zero-order valence-corrected chi connectivity index (χ0v) is 25.4. The van der Waals surface area contributed by atoms with Crippen molar-refractivity contribution >= 4 is 41.0 Å². The predicted octanol–water partition coefficient (Wildman–Crippen LogP) is 5.83. The molecule has 4 aromatic rings. The van der Waals surface area contributed by atoms with Gasteiger partial charge in [0.15, 0.2) is 0 Å². The molecule has 1 atom stereocenters. The molecule has 5 rings (SSSR count). The molecule has 8 nitrogen and oxygen atoms in total. The number of nitrogens with zero attached hydrogens (tertiary/aromatic N) is 3. The van der Waals surface area contributed by atoms with E-state index >= 15 is 0 Å². The van der Waals surface area contributed by atoms with E-state index in [2.05, 4.69) is 5.32 Å². The standard InChI is InChI=1S/C32H33ClN4O4S/c1-21-9-15-24(16-10-21)37-32-29(30(35-37)22-11-13-23(33)14-12-22)31(25-7-4-5-8-26(25)41-3)42-20-28(39)36(32)19-27(38)34-17-6-18-40-2/h4-5,7-16,31H,6,17-20H2,1-3H3,(H,34,38)/t31-/m0/s1. The van der Waals surface area contributed by atoms with Crippen LogP contribution >= 0.6 is 23.4 Å². The molecule has 0 saturated carbocycles. The number of carbonyl (C=O) groups excluding carboxylic acids is 2. The van der Waals surface area contributed by atoms with Crippen LogP contribution in [0.5, 0.6) is 5.75 Å². The van der Waals surface area contributed by atoms with Crippen LogP contribution in [0.25, 0.3) is 16.9 Å². The Balaban J connectivity index is 1.74. The predicted molar refractivity (Wildman–Crippen MR) is 168 cm³/mol. The third-order valence-corrected chi connectivity index (χ3v) is 8.54. The van der Waals surface area contributed by atoms with Crippen molar-refractivity contribution in [3.63, 3.8) is 0 Å². The highest BCUT2D eigenvalue weighted by atomic mass is 35.5. The van der Waals surface area contributed by atoms with E-state index in [0.717, 1.165) is 27.9 Å². The summed E-state index contributed by atoms with van der Waals surface area (Å²) in [7, 11) is 3.27. The van der Waals surface area contributed by atoms with Crippen LogP contribution in [0.15, 0.2) is 72.8 Å².